The van der Waals surface area contributed by atoms with E-state index in [-0.39, 0.29) is 11.8 Å². The van der Waals surface area contributed by atoms with Gasteiger partial charge in [0.15, 0.2) is 0 Å². The number of benzene rings is 1. The Morgan fingerprint density at radius 2 is 1.56 bits per heavy atom. The Labute approximate surface area is 98.0 Å². The van der Waals surface area contributed by atoms with Gasteiger partial charge in [-0.05, 0) is 12.1 Å². The van der Waals surface area contributed by atoms with Gasteiger partial charge in [-0.1, -0.05) is 11.6 Å². The summed E-state index contributed by atoms with van der Waals surface area (Å²) in [7, 11) is 0. The van der Waals surface area contributed by atoms with Crippen molar-refractivity contribution in [3.8, 4) is 0 Å². The summed E-state index contributed by atoms with van der Waals surface area (Å²) in [4.78, 5) is 21.9. The molecular formula is C10H12ClN3O2. The Kier molecular flexibility index (Phi) is 3.73. The lowest BCUT2D eigenvalue weighted by molar-refractivity contribution is -0.115. The second-order valence-electron chi connectivity index (χ2n) is 3.28. The molecule has 0 spiro atoms. The summed E-state index contributed by atoms with van der Waals surface area (Å²) in [6.45, 7) is 2.73. The predicted octanol–water partition coefficient (Wildman–Crippen LogP) is 1.84. The van der Waals surface area contributed by atoms with E-state index in [2.05, 4.69) is 10.6 Å². The first-order valence-electron chi connectivity index (χ1n) is 4.54. The topological polar surface area (TPSA) is 84.2 Å². The lowest BCUT2D eigenvalue weighted by atomic mass is 10.2. The monoisotopic (exact) mass is 241 g/mol. The minimum absolute atomic E-state index is 0.256. The van der Waals surface area contributed by atoms with Crippen molar-refractivity contribution < 1.29 is 9.59 Å². The smallest absolute Gasteiger partial charge is 0.221 e. The number of rotatable bonds is 2. The van der Waals surface area contributed by atoms with Gasteiger partial charge in [-0.3, -0.25) is 9.59 Å². The summed E-state index contributed by atoms with van der Waals surface area (Å²) in [5.41, 5.74) is 6.77. The number of amides is 2. The minimum atomic E-state index is -0.257. The summed E-state index contributed by atoms with van der Waals surface area (Å²) in [5, 5.41) is 5.43. The number of carbonyl (C=O) groups is 2. The van der Waals surface area contributed by atoms with Crippen LogP contribution in [0.5, 0.6) is 0 Å². The van der Waals surface area contributed by atoms with E-state index in [1.54, 1.807) is 0 Å². The molecule has 1 rings (SSSR count). The van der Waals surface area contributed by atoms with Gasteiger partial charge < -0.3 is 16.4 Å². The molecule has 0 saturated carbocycles. The molecule has 0 aromatic heterocycles. The molecule has 6 heteroatoms. The second kappa shape index (κ2) is 4.85. The lowest BCUT2D eigenvalue weighted by Crippen LogP contribution is -2.12. The number of nitrogens with one attached hydrogen (secondary N) is 2. The van der Waals surface area contributed by atoms with Crippen molar-refractivity contribution in [2.45, 2.75) is 13.8 Å². The maximum atomic E-state index is 10.9. The van der Waals surface area contributed by atoms with E-state index >= 15 is 0 Å². The van der Waals surface area contributed by atoms with Gasteiger partial charge >= 0.3 is 0 Å². The molecule has 1 aromatic carbocycles. The number of carbonyl (C=O) groups excluding carboxylic acids is 2. The highest BCUT2D eigenvalue weighted by Crippen LogP contribution is 2.31. The van der Waals surface area contributed by atoms with Gasteiger partial charge in [0, 0.05) is 13.8 Å². The average molecular weight is 242 g/mol. The second-order valence-corrected chi connectivity index (χ2v) is 3.69. The first kappa shape index (κ1) is 12.3. The standard InChI is InChI=1S/C10H12ClN3O2/c1-5(15)13-9-3-7(11)8(12)4-10(9)14-6(2)16/h3-4H,12H2,1-2H3,(H,13,15)(H,14,16). The molecule has 0 aliphatic heterocycles. The van der Waals surface area contributed by atoms with Crippen LogP contribution < -0.4 is 16.4 Å². The fourth-order valence-corrected chi connectivity index (χ4v) is 1.34. The highest BCUT2D eigenvalue weighted by molar-refractivity contribution is 6.33. The molecule has 0 fully saturated rings. The first-order valence-corrected chi connectivity index (χ1v) is 4.92. The van der Waals surface area contributed by atoms with E-state index in [9.17, 15) is 9.59 Å². The van der Waals surface area contributed by atoms with Crippen molar-refractivity contribution in [3.05, 3.63) is 17.2 Å². The Bertz CT molecular complexity index is 405. The zero-order valence-corrected chi connectivity index (χ0v) is 9.68. The molecule has 1 aromatic rings. The zero-order valence-electron chi connectivity index (χ0n) is 8.93. The summed E-state index contributed by atoms with van der Waals surface area (Å²) >= 11 is 5.82. The van der Waals surface area contributed by atoms with Gasteiger partial charge in [0.25, 0.3) is 0 Å². The van der Waals surface area contributed by atoms with Gasteiger partial charge in [-0.25, -0.2) is 0 Å². The van der Waals surface area contributed by atoms with Gasteiger partial charge in [0.2, 0.25) is 11.8 Å². The molecule has 0 heterocycles. The van der Waals surface area contributed by atoms with Crippen LogP contribution in [0.25, 0.3) is 0 Å². The van der Waals surface area contributed by atoms with E-state index in [0.29, 0.717) is 22.1 Å². The quantitative estimate of drug-likeness (QED) is 0.691. The SMILES string of the molecule is CC(=O)Nc1cc(N)c(Cl)cc1NC(C)=O. The van der Waals surface area contributed by atoms with Crippen LogP contribution in [-0.4, -0.2) is 11.8 Å². The van der Waals surface area contributed by atoms with Crippen LogP contribution in [-0.2, 0) is 9.59 Å². The van der Waals surface area contributed by atoms with E-state index in [1.807, 2.05) is 0 Å². The molecular weight excluding hydrogens is 230 g/mol. The van der Waals surface area contributed by atoms with Crippen LogP contribution >= 0.6 is 11.6 Å². The van der Waals surface area contributed by atoms with E-state index in [0.717, 1.165) is 0 Å². The van der Waals surface area contributed by atoms with Gasteiger partial charge in [0.05, 0.1) is 22.1 Å². The van der Waals surface area contributed by atoms with Gasteiger partial charge in [0.1, 0.15) is 0 Å². The number of hydrogen-bond donors (Lipinski definition) is 3. The highest BCUT2D eigenvalue weighted by atomic mass is 35.5. The molecule has 0 aliphatic rings. The molecule has 4 N–H and O–H groups in total. The Morgan fingerprint density at radius 1 is 1.12 bits per heavy atom. The molecule has 0 bridgehead atoms. The zero-order chi connectivity index (χ0) is 12.3. The normalized spacial score (nSPS) is 9.69. The maximum Gasteiger partial charge on any atom is 0.221 e. The third-order valence-electron chi connectivity index (χ3n) is 1.76. The Hall–Kier alpha value is -1.75. The summed E-state index contributed by atoms with van der Waals surface area (Å²) in [5.74, 6) is -0.513. The Balaban J connectivity index is 3.15. The van der Waals surface area contributed by atoms with Crippen molar-refractivity contribution in [2.75, 3.05) is 16.4 Å². The van der Waals surface area contributed by atoms with Gasteiger partial charge in [-0.2, -0.15) is 0 Å². The summed E-state index contributed by atoms with van der Waals surface area (Å²) < 4.78 is 0. The lowest BCUT2D eigenvalue weighted by Gasteiger charge is -2.12. The van der Waals surface area contributed by atoms with Crippen LogP contribution in [0.3, 0.4) is 0 Å². The van der Waals surface area contributed by atoms with Crippen LogP contribution in [0.1, 0.15) is 13.8 Å². The molecule has 0 atom stereocenters. The molecule has 86 valence electrons. The average Bonchev–Trinajstić information content (AvgIpc) is 2.11. The minimum Gasteiger partial charge on any atom is -0.397 e. The number of halogens is 1. The van der Waals surface area contributed by atoms with Crippen molar-refractivity contribution in [3.63, 3.8) is 0 Å². The molecule has 0 unspecified atom stereocenters. The molecule has 16 heavy (non-hydrogen) atoms. The molecule has 5 nitrogen and oxygen atoms in total. The van der Waals surface area contributed by atoms with E-state index in [4.69, 9.17) is 17.3 Å². The predicted molar refractivity (Wildman–Crippen MR) is 64.5 cm³/mol. The maximum absolute atomic E-state index is 10.9. The number of nitrogens with two attached hydrogens (primary N) is 1. The summed E-state index contributed by atoms with van der Waals surface area (Å²) in [6.07, 6.45) is 0. The largest absolute Gasteiger partial charge is 0.397 e. The Morgan fingerprint density at radius 3 is 2.00 bits per heavy atom. The molecule has 0 aliphatic carbocycles. The van der Waals surface area contributed by atoms with E-state index < -0.39 is 0 Å². The number of hydrogen-bond acceptors (Lipinski definition) is 3. The van der Waals surface area contributed by atoms with Crippen LogP contribution in [0.4, 0.5) is 17.1 Å². The van der Waals surface area contributed by atoms with Crippen LogP contribution in [0, 0.1) is 0 Å². The van der Waals surface area contributed by atoms with Gasteiger partial charge in [-0.15, -0.1) is 0 Å². The van der Waals surface area contributed by atoms with Crippen molar-refractivity contribution in [2.24, 2.45) is 0 Å². The van der Waals surface area contributed by atoms with E-state index in [1.165, 1.54) is 26.0 Å². The van der Waals surface area contributed by atoms with Crippen molar-refractivity contribution in [1.82, 2.24) is 0 Å². The van der Waals surface area contributed by atoms with Crippen molar-refractivity contribution >= 4 is 40.5 Å². The van der Waals surface area contributed by atoms with Crippen LogP contribution in [0.15, 0.2) is 12.1 Å². The third kappa shape index (κ3) is 3.13. The summed E-state index contributed by atoms with van der Waals surface area (Å²) in [6, 6.07) is 2.98. The number of anilines is 3. The third-order valence-corrected chi connectivity index (χ3v) is 2.09. The molecule has 0 saturated heterocycles. The number of nitrogen functional groups attached to an aromatic ring is 1. The highest BCUT2D eigenvalue weighted by Gasteiger charge is 2.09. The van der Waals surface area contributed by atoms with Crippen molar-refractivity contribution in [1.29, 1.82) is 0 Å². The molecule has 0 radical (unpaired) electrons. The molecule has 2 amide bonds. The first-order chi connectivity index (χ1) is 7.40. The fourth-order valence-electron chi connectivity index (χ4n) is 1.18. The fraction of sp³-hybridized carbons (Fsp3) is 0.200. The van der Waals surface area contributed by atoms with Crippen LogP contribution in [0.2, 0.25) is 5.02 Å².